The molecule has 0 radical (unpaired) electrons. The highest BCUT2D eigenvalue weighted by molar-refractivity contribution is 6.02. The highest BCUT2D eigenvalue weighted by Gasteiger charge is 2.12. The Balaban J connectivity index is 1.69. The van der Waals surface area contributed by atoms with Crippen molar-refractivity contribution in [2.75, 3.05) is 44.4 Å². The first-order valence-corrected chi connectivity index (χ1v) is 10.1. The molecular weight excluding hydrogens is 366 g/mol. The van der Waals surface area contributed by atoms with Gasteiger partial charge in [0.15, 0.2) is 0 Å². The fourth-order valence-corrected chi connectivity index (χ4v) is 3.50. The van der Waals surface area contributed by atoms with Gasteiger partial charge in [-0.15, -0.1) is 0 Å². The molecule has 6 nitrogen and oxygen atoms in total. The van der Waals surface area contributed by atoms with Crippen LogP contribution in [-0.4, -0.2) is 50.5 Å². The summed E-state index contributed by atoms with van der Waals surface area (Å²) in [6.07, 6.45) is 5.40. The number of hydrogen-bond donors (Lipinski definition) is 2. The smallest absolute Gasteiger partial charge is 0.262 e. The van der Waals surface area contributed by atoms with Crippen molar-refractivity contribution in [3.05, 3.63) is 47.5 Å². The molecule has 2 N–H and O–H groups in total. The zero-order valence-corrected chi connectivity index (χ0v) is 16.6. The normalized spacial score (nSPS) is 14.6. The van der Waals surface area contributed by atoms with Crippen LogP contribution in [0.5, 0.6) is 0 Å². The van der Waals surface area contributed by atoms with E-state index >= 15 is 0 Å². The first-order chi connectivity index (χ1) is 14.2. The van der Waals surface area contributed by atoms with Crippen LogP contribution in [0.4, 0.5) is 5.69 Å². The van der Waals surface area contributed by atoms with Gasteiger partial charge in [-0.2, -0.15) is 5.26 Å². The Hall–Kier alpha value is -2.88. The molecule has 152 valence electrons. The summed E-state index contributed by atoms with van der Waals surface area (Å²) in [5.41, 5.74) is 2.11. The molecule has 1 heterocycles. The number of rotatable bonds is 8. The number of aliphatic hydroxyl groups is 1. The molecular formula is C23H27N3O3. The molecule has 3 rings (SSSR count). The average Bonchev–Trinajstić information content (AvgIpc) is 2.77. The van der Waals surface area contributed by atoms with Crippen LogP contribution < -0.4 is 10.2 Å². The van der Waals surface area contributed by atoms with Gasteiger partial charge in [-0.25, -0.2) is 0 Å². The third-order valence-electron chi connectivity index (χ3n) is 5.01. The van der Waals surface area contributed by atoms with E-state index in [0.717, 1.165) is 29.4 Å². The fourth-order valence-electron chi connectivity index (χ4n) is 3.50. The van der Waals surface area contributed by atoms with E-state index in [9.17, 15) is 10.1 Å². The lowest BCUT2D eigenvalue weighted by Crippen LogP contribution is -2.29. The van der Waals surface area contributed by atoms with Crippen LogP contribution in [0, 0.1) is 11.3 Å². The SMILES string of the molecule is N#C/C(=C\c1ccc2cc(N3CCCCC3)ccc2c1)C(=O)NCCOCCO. The van der Waals surface area contributed by atoms with Gasteiger partial charge >= 0.3 is 0 Å². The molecule has 0 aliphatic carbocycles. The Morgan fingerprint density at radius 1 is 1.14 bits per heavy atom. The van der Waals surface area contributed by atoms with E-state index in [1.54, 1.807) is 6.08 Å². The maximum atomic E-state index is 12.2. The van der Waals surface area contributed by atoms with Gasteiger partial charge in [0.2, 0.25) is 0 Å². The zero-order valence-electron chi connectivity index (χ0n) is 16.6. The van der Waals surface area contributed by atoms with Crippen LogP contribution in [0.15, 0.2) is 42.0 Å². The van der Waals surface area contributed by atoms with Gasteiger partial charge in [-0.05, 0) is 59.9 Å². The quantitative estimate of drug-likeness (QED) is 0.409. The van der Waals surface area contributed by atoms with E-state index < -0.39 is 5.91 Å². The molecule has 0 spiro atoms. The predicted molar refractivity (Wildman–Crippen MR) is 115 cm³/mol. The van der Waals surface area contributed by atoms with Crippen molar-refractivity contribution in [1.82, 2.24) is 5.32 Å². The minimum absolute atomic E-state index is 0.0523. The first kappa shape index (κ1) is 20.8. The van der Waals surface area contributed by atoms with E-state index in [0.29, 0.717) is 6.61 Å². The van der Waals surface area contributed by atoms with Crippen molar-refractivity contribution in [2.45, 2.75) is 19.3 Å². The van der Waals surface area contributed by atoms with E-state index in [4.69, 9.17) is 9.84 Å². The third-order valence-corrected chi connectivity index (χ3v) is 5.01. The van der Waals surface area contributed by atoms with Crippen LogP contribution in [0.25, 0.3) is 16.8 Å². The van der Waals surface area contributed by atoms with Gasteiger partial charge in [0.1, 0.15) is 11.6 Å². The molecule has 1 fully saturated rings. The van der Waals surface area contributed by atoms with E-state index in [1.165, 1.54) is 24.9 Å². The molecule has 29 heavy (non-hydrogen) atoms. The number of aliphatic hydroxyl groups excluding tert-OH is 1. The van der Waals surface area contributed by atoms with E-state index in [-0.39, 0.29) is 25.3 Å². The number of ether oxygens (including phenoxy) is 1. The lowest BCUT2D eigenvalue weighted by molar-refractivity contribution is -0.117. The van der Waals surface area contributed by atoms with Gasteiger partial charge in [0.25, 0.3) is 5.91 Å². The molecule has 0 atom stereocenters. The zero-order chi connectivity index (χ0) is 20.5. The highest BCUT2D eigenvalue weighted by atomic mass is 16.5. The van der Waals surface area contributed by atoms with Crippen molar-refractivity contribution >= 4 is 28.4 Å². The lowest BCUT2D eigenvalue weighted by Gasteiger charge is -2.29. The molecule has 1 amide bonds. The van der Waals surface area contributed by atoms with Crippen molar-refractivity contribution < 1.29 is 14.6 Å². The molecule has 1 aliphatic rings. The number of nitrogens with zero attached hydrogens (tertiary/aromatic N) is 2. The number of amides is 1. The van der Waals surface area contributed by atoms with Crippen molar-refractivity contribution in [2.24, 2.45) is 0 Å². The number of anilines is 1. The fraction of sp³-hybridized carbons (Fsp3) is 0.391. The third kappa shape index (κ3) is 5.80. The minimum atomic E-state index is -0.430. The molecule has 0 saturated carbocycles. The lowest BCUT2D eigenvalue weighted by atomic mass is 10.0. The van der Waals surface area contributed by atoms with Crippen LogP contribution in [0.2, 0.25) is 0 Å². The van der Waals surface area contributed by atoms with Gasteiger partial charge in [-0.3, -0.25) is 4.79 Å². The van der Waals surface area contributed by atoms with Gasteiger partial charge in [-0.1, -0.05) is 18.2 Å². The second-order valence-corrected chi connectivity index (χ2v) is 7.10. The van der Waals surface area contributed by atoms with Crippen molar-refractivity contribution in [3.63, 3.8) is 0 Å². The van der Waals surface area contributed by atoms with Crippen LogP contribution in [0.1, 0.15) is 24.8 Å². The maximum absolute atomic E-state index is 12.2. The molecule has 0 unspecified atom stereocenters. The summed E-state index contributed by atoms with van der Waals surface area (Å²) in [5.74, 6) is -0.430. The topological polar surface area (TPSA) is 85.6 Å². The van der Waals surface area contributed by atoms with Crippen molar-refractivity contribution in [1.29, 1.82) is 5.26 Å². The molecule has 2 aromatic rings. The summed E-state index contributed by atoms with van der Waals surface area (Å²) in [7, 11) is 0. The summed E-state index contributed by atoms with van der Waals surface area (Å²) in [6.45, 7) is 2.97. The molecule has 6 heteroatoms. The molecule has 0 aromatic heterocycles. The van der Waals surface area contributed by atoms with Crippen molar-refractivity contribution in [3.8, 4) is 6.07 Å². The number of hydrogen-bond acceptors (Lipinski definition) is 5. The summed E-state index contributed by atoms with van der Waals surface area (Å²) >= 11 is 0. The van der Waals surface area contributed by atoms with Crippen LogP contribution >= 0.6 is 0 Å². The number of benzene rings is 2. The standard InChI is InChI=1S/C23H27N3O3/c24-17-21(23(28)25-8-12-29-13-11-27)15-18-4-5-20-16-22(7-6-19(20)14-18)26-9-2-1-3-10-26/h4-7,14-16,27H,1-3,8-13H2,(H,25,28)/b21-15+. The van der Waals surface area contributed by atoms with Gasteiger partial charge in [0, 0.05) is 25.3 Å². The number of fused-ring (bicyclic) bond motifs is 1. The molecule has 0 bridgehead atoms. The molecule has 1 aliphatic heterocycles. The Morgan fingerprint density at radius 3 is 2.66 bits per heavy atom. The highest BCUT2D eigenvalue weighted by Crippen LogP contribution is 2.26. The Labute approximate surface area is 171 Å². The van der Waals surface area contributed by atoms with E-state index in [1.807, 2.05) is 24.3 Å². The molecule has 2 aromatic carbocycles. The number of carbonyl (C=O) groups is 1. The summed E-state index contributed by atoms with van der Waals surface area (Å²) in [5, 5.41) is 22.9. The molecule has 1 saturated heterocycles. The first-order valence-electron chi connectivity index (χ1n) is 10.1. The minimum Gasteiger partial charge on any atom is -0.394 e. The largest absolute Gasteiger partial charge is 0.394 e. The maximum Gasteiger partial charge on any atom is 0.262 e. The number of piperidine rings is 1. The summed E-state index contributed by atoms with van der Waals surface area (Å²) in [6, 6.07) is 14.4. The van der Waals surface area contributed by atoms with Gasteiger partial charge < -0.3 is 20.1 Å². The van der Waals surface area contributed by atoms with Crippen LogP contribution in [-0.2, 0) is 9.53 Å². The Bertz CT molecular complexity index is 911. The average molecular weight is 393 g/mol. The summed E-state index contributed by atoms with van der Waals surface area (Å²) < 4.78 is 5.10. The van der Waals surface area contributed by atoms with Gasteiger partial charge in [0.05, 0.1) is 19.8 Å². The number of nitrogens with one attached hydrogen (secondary N) is 1. The monoisotopic (exact) mass is 393 g/mol. The summed E-state index contributed by atoms with van der Waals surface area (Å²) in [4.78, 5) is 14.6. The predicted octanol–water partition coefficient (Wildman–Crippen LogP) is 2.86. The Kier molecular flexibility index (Phi) is 7.62. The Morgan fingerprint density at radius 2 is 1.90 bits per heavy atom. The second kappa shape index (κ2) is 10.6. The number of nitriles is 1. The number of carbonyl (C=O) groups excluding carboxylic acids is 1. The van der Waals surface area contributed by atoms with Crippen LogP contribution in [0.3, 0.4) is 0 Å². The van der Waals surface area contributed by atoms with E-state index in [2.05, 4.69) is 28.4 Å². The second-order valence-electron chi connectivity index (χ2n) is 7.10.